The summed E-state index contributed by atoms with van der Waals surface area (Å²) < 4.78 is 1.05. The molecule has 0 fully saturated rings. The summed E-state index contributed by atoms with van der Waals surface area (Å²) in [7, 11) is 0. The van der Waals surface area contributed by atoms with Gasteiger partial charge in [0.2, 0.25) is 0 Å². The molecule has 5 heteroatoms. The van der Waals surface area contributed by atoms with Crippen LogP contribution >= 0.6 is 15.9 Å². The van der Waals surface area contributed by atoms with Crippen molar-refractivity contribution in [3.8, 4) is 0 Å². The van der Waals surface area contributed by atoms with E-state index in [0.29, 0.717) is 5.92 Å². The fourth-order valence-corrected chi connectivity index (χ4v) is 4.26. The Hall–Kier alpha value is -2.14. The number of nitrogens with zero attached hydrogens (tertiary/aromatic N) is 1. The second-order valence-electron chi connectivity index (χ2n) is 6.47. The molecule has 0 spiro atoms. The van der Waals surface area contributed by atoms with Gasteiger partial charge in [-0.3, -0.25) is 10.1 Å². The average Bonchev–Trinajstić information content (AvgIpc) is 3.05. The first-order chi connectivity index (χ1) is 11.6. The number of fused-ring (bicyclic) bond motifs is 3. The van der Waals surface area contributed by atoms with E-state index in [1.54, 1.807) is 6.07 Å². The monoisotopic (exact) mass is 384 g/mol. The van der Waals surface area contributed by atoms with Gasteiger partial charge in [0, 0.05) is 22.1 Å². The van der Waals surface area contributed by atoms with E-state index < -0.39 is 0 Å². The zero-order valence-electron chi connectivity index (χ0n) is 13.2. The zero-order chi connectivity index (χ0) is 16.8. The largest absolute Gasteiger partial charge is 0.377 e. The van der Waals surface area contributed by atoms with E-state index in [9.17, 15) is 10.1 Å². The van der Waals surface area contributed by atoms with Crippen molar-refractivity contribution in [2.45, 2.75) is 25.3 Å². The molecule has 0 unspecified atom stereocenters. The van der Waals surface area contributed by atoms with Gasteiger partial charge in [-0.2, -0.15) is 0 Å². The molecule has 4 rings (SSSR count). The highest BCUT2D eigenvalue weighted by Crippen LogP contribution is 2.53. The van der Waals surface area contributed by atoms with Gasteiger partial charge in [0.05, 0.1) is 16.5 Å². The molecule has 1 aliphatic heterocycles. The Kier molecular flexibility index (Phi) is 3.68. The van der Waals surface area contributed by atoms with Crippen LogP contribution in [0.25, 0.3) is 0 Å². The smallest absolute Gasteiger partial charge is 0.275 e. The molecule has 1 N–H and O–H groups in total. The quantitative estimate of drug-likeness (QED) is 0.422. The molecule has 1 heterocycles. The third kappa shape index (κ3) is 2.35. The Morgan fingerprint density at radius 1 is 1.21 bits per heavy atom. The number of nitro benzene ring substituents is 1. The molecular formula is C19H17BrN2O2. The van der Waals surface area contributed by atoms with Crippen molar-refractivity contribution < 1.29 is 4.92 Å². The Morgan fingerprint density at radius 2 is 1.96 bits per heavy atom. The molecule has 3 atom stereocenters. The summed E-state index contributed by atoms with van der Waals surface area (Å²) in [5.74, 6) is 0.398. The minimum absolute atomic E-state index is 0.0928. The van der Waals surface area contributed by atoms with Crippen molar-refractivity contribution in [2.24, 2.45) is 5.92 Å². The number of hydrogen-bond donors (Lipinski definition) is 1. The van der Waals surface area contributed by atoms with Crippen LogP contribution in [0.5, 0.6) is 0 Å². The van der Waals surface area contributed by atoms with Gasteiger partial charge < -0.3 is 5.32 Å². The summed E-state index contributed by atoms with van der Waals surface area (Å²) in [6.45, 7) is 2.01. The van der Waals surface area contributed by atoms with E-state index in [2.05, 4.69) is 45.5 Å². The highest BCUT2D eigenvalue weighted by atomic mass is 79.9. The lowest BCUT2D eigenvalue weighted by atomic mass is 9.76. The normalized spacial score (nSPS) is 24.2. The van der Waals surface area contributed by atoms with Crippen LogP contribution in [-0.4, -0.2) is 4.92 Å². The van der Waals surface area contributed by atoms with Gasteiger partial charge in [-0.05, 0) is 42.5 Å². The number of anilines is 1. The Balaban J connectivity index is 1.86. The molecular weight excluding hydrogens is 368 g/mol. The molecule has 24 heavy (non-hydrogen) atoms. The maximum Gasteiger partial charge on any atom is 0.275 e. The van der Waals surface area contributed by atoms with Crippen LogP contribution < -0.4 is 5.32 Å². The van der Waals surface area contributed by atoms with Crippen LogP contribution in [0, 0.1) is 23.0 Å². The van der Waals surface area contributed by atoms with Crippen molar-refractivity contribution in [3.05, 3.63) is 79.8 Å². The number of benzene rings is 2. The van der Waals surface area contributed by atoms with Crippen LogP contribution in [0.15, 0.2) is 53.0 Å². The number of nitro groups is 1. The van der Waals surface area contributed by atoms with Gasteiger partial charge in [-0.25, -0.2) is 0 Å². The molecule has 2 aromatic rings. The van der Waals surface area contributed by atoms with Gasteiger partial charge in [0.1, 0.15) is 0 Å². The number of halogens is 1. The van der Waals surface area contributed by atoms with Gasteiger partial charge in [0.15, 0.2) is 0 Å². The van der Waals surface area contributed by atoms with Crippen LogP contribution in [0.4, 0.5) is 11.4 Å². The number of nitrogens with one attached hydrogen (secondary N) is 1. The summed E-state index contributed by atoms with van der Waals surface area (Å²) in [5, 5.41) is 15.1. The van der Waals surface area contributed by atoms with Crippen LogP contribution in [0.2, 0.25) is 0 Å². The number of aryl methyl sites for hydroxylation is 1. The van der Waals surface area contributed by atoms with E-state index in [-0.39, 0.29) is 22.6 Å². The molecule has 2 aromatic carbocycles. The minimum Gasteiger partial charge on any atom is -0.377 e. The molecule has 0 saturated heterocycles. The maximum absolute atomic E-state index is 11.5. The van der Waals surface area contributed by atoms with Crippen LogP contribution in [0.1, 0.15) is 35.1 Å². The third-order valence-corrected chi connectivity index (χ3v) is 5.66. The molecule has 0 aromatic heterocycles. The fraction of sp³-hybridized carbons (Fsp3) is 0.263. The molecule has 0 saturated carbocycles. The SMILES string of the molecule is Cc1ccc([N+](=O)[O-])c2c1N[C@H](c1ccc(Br)cc1)[C@@H]1CC=C[C@@H]21. The van der Waals surface area contributed by atoms with Gasteiger partial charge >= 0.3 is 0 Å². The first kappa shape index (κ1) is 15.4. The lowest BCUT2D eigenvalue weighted by Crippen LogP contribution is -2.30. The predicted molar refractivity (Wildman–Crippen MR) is 98.3 cm³/mol. The number of allylic oxidation sites excluding steroid dienone is 2. The first-order valence-electron chi connectivity index (χ1n) is 8.03. The lowest BCUT2D eigenvalue weighted by molar-refractivity contribution is -0.385. The van der Waals surface area contributed by atoms with Gasteiger partial charge in [-0.1, -0.05) is 46.3 Å². The topological polar surface area (TPSA) is 55.2 Å². The highest BCUT2D eigenvalue weighted by Gasteiger charge is 2.42. The summed E-state index contributed by atoms with van der Waals surface area (Å²) in [6.07, 6.45) is 5.23. The van der Waals surface area contributed by atoms with Gasteiger partial charge in [-0.15, -0.1) is 0 Å². The van der Waals surface area contributed by atoms with Crippen molar-refractivity contribution >= 4 is 27.3 Å². The highest BCUT2D eigenvalue weighted by molar-refractivity contribution is 9.10. The lowest BCUT2D eigenvalue weighted by Gasteiger charge is -2.38. The molecule has 122 valence electrons. The van der Waals surface area contributed by atoms with Crippen LogP contribution in [0.3, 0.4) is 0 Å². The minimum atomic E-state index is -0.261. The molecule has 4 nitrogen and oxygen atoms in total. The van der Waals surface area contributed by atoms with Crippen molar-refractivity contribution in [1.29, 1.82) is 0 Å². The summed E-state index contributed by atoms with van der Waals surface area (Å²) in [5.41, 5.74) is 4.25. The predicted octanol–water partition coefficient (Wildman–Crippen LogP) is 5.49. The van der Waals surface area contributed by atoms with Crippen LogP contribution in [-0.2, 0) is 0 Å². The van der Waals surface area contributed by atoms with E-state index in [1.807, 2.05) is 25.1 Å². The van der Waals surface area contributed by atoms with E-state index in [0.717, 1.165) is 27.7 Å². The summed E-state index contributed by atoms with van der Waals surface area (Å²) in [6, 6.07) is 12.0. The average molecular weight is 385 g/mol. The standard InChI is InChI=1S/C19H17BrN2O2/c1-11-5-10-16(22(23)24)17-14-3-2-4-15(14)19(21-18(11)17)12-6-8-13(20)9-7-12/h2-3,5-10,14-15,19,21H,4H2,1H3/t14-,15-,19-/m1/s1. The summed E-state index contributed by atoms with van der Waals surface area (Å²) in [4.78, 5) is 11.2. The molecule has 2 aliphatic rings. The van der Waals surface area contributed by atoms with E-state index in [4.69, 9.17) is 0 Å². The second kappa shape index (κ2) is 5.74. The second-order valence-corrected chi connectivity index (χ2v) is 7.39. The Morgan fingerprint density at radius 3 is 2.67 bits per heavy atom. The molecule has 0 radical (unpaired) electrons. The van der Waals surface area contributed by atoms with Gasteiger partial charge in [0.25, 0.3) is 5.69 Å². The molecule has 1 aliphatic carbocycles. The Bertz CT molecular complexity index is 845. The van der Waals surface area contributed by atoms with Crippen molar-refractivity contribution in [1.82, 2.24) is 0 Å². The summed E-state index contributed by atoms with van der Waals surface area (Å²) >= 11 is 3.48. The maximum atomic E-state index is 11.5. The van der Waals surface area contributed by atoms with Crippen molar-refractivity contribution in [2.75, 3.05) is 5.32 Å². The molecule has 0 amide bonds. The first-order valence-corrected chi connectivity index (χ1v) is 8.82. The van der Waals surface area contributed by atoms with Crippen molar-refractivity contribution in [3.63, 3.8) is 0 Å². The zero-order valence-corrected chi connectivity index (χ0v) is 14.8. The van der Waals surface area contributed by atoms with E-state index in [1.165, 1.54) is 5.56 Å². The molecule has 0 bridgehead atoms. The van der Waals surface area contributed by atoms with E-state index >= 15 is 0 Å². The number of rotatable bonds is 2. The number of hydrogen-bond acceptors (Lipinski definition) is 3. The fourth-order valence-electron chi connectivity index (χ4n) is 3.99. The Labute approximate surface area is 148 Å². The third-order valence-electron chi connectivity index (χ3n) is 5.13.